The lowest BCUT2D eigenvalue weighted by molar-refractivity contribution is -0.0447. The van der Waals surface area contributed by atoms with Crippen LogP contribution in [0.2, 0.25) is 0 Å². The molecule has 2 aromatic rings. The molecule has 0 saturated carbocycles. The summed E-state index contributed by atoms with van der Waals surface area (Å²) in [5.41, 5.74) is 2.18. The fourth-order valence-corrected chi connectivity index (χ4v) is 3.01. The summed E-state index contributed by atoms with van der Waals surface area (Å²) in [5.74, 6) is 0.906. The Hall–Kier alpha value is -2.12. The second-order valence-corrected chi connectivity index (χ2v) is 5.79. The predicted octanol–water partition coefficient (Wildman–Crippen LogP) is 0.959. The van der Waals surface area contributed by atoms with Gasteiger partial charge < -0.3 is 24.3 Å². The number of ether oxygens (including phenoxy) is 2. The van der Waals surface area contributed by atoms with Crippen molar-refractivity contribution < 1.29 is 9.47 Å². The molecule has 1 fully saturated rings. The Kier molecular flexibility index (Phi) is 5.66. The Morgan fingerprint density at radius 2 is 2.33 bits per heavy atom. The van der Waals surface area contributed by atoms with Crippen LogP contribution in [0.4, 0.5) is 0 Å². The first-order valence-electron chi connectivity index (χ1n) is 8.28. The van der Waals surface area contributed by atoms with Crippen molar-refractivity contribution in [2.75, 3.05) is 47.0 Å². The second kappa shape index (κ2) is 8.12. The number of fused-ring (bicyclic) bond motifs is 1. The number of rotatable bonds is 5. The number of imidazole rings is 1. The van der Waals surface area contributed by atoms with Gasteiger partial charge in [-0.1, -0.05) is 12.1 Å². The van der Waals surface area contributed by atoms with Crippen LogP contribution in [0.3, 0.4) is 0 Å². The molecular formula is C17H25N5O2. The molecule has 1 unspecified atom stereocenters. The minimum Gasteiger partial charge on any atom is -0.382 e. The van der Waals surface area contributed by atoms with Crippen LogP contribution in [-0.4, -0.2) is 73.5 Å². The summed E-state index contributed by atoms with van der Waals surface area (Å²) in [6.07, 6.45) is 1.98. The third kappa shape index (κ3) is 3.85. The van der Waals surface area contributed by atoms with Crippen molar-refractivity contribution in [3.8, 4) is 0 Å². The number of hydrogen-bond acceptors (Lipinski definition) is 4. The third-order valence-corrected chi connectivity index (χ3v) is 4.17. The summed E-state index contributed by atoms with van der Waals surface area (Å²) in [4.78, 5) is 11.0. The molecule has 1 atom stereocenters. The molecule has 3 rings (SSSR count). The SMILES string of the molecule is CN=C(NCCn1cnc2ccccc21)N1CCOC(COC)C1. The number of guanidine groups is 1. The highest BCUT2D eigenvalue weighted by atomic mass is 16.5. The van der Waals surface area contributed by atoms with Crippen molar-refractivity contribution in [1.29, 1.82) is 0 Å². The van der Waals surface area contributed by atoms with E-state index in [1.165, 1.54) is 0 Å². The number of morpholine rings is 1. The number of methoxy groups -OCH3 is 1. The zero-order valence-corrected chi connectivity index (χ0v) is 14.3. The molecule has 1 aromatic carbocycles. The van der Waals surface area contributed by atoms with E-state index in [2.05, 4.69) is 30.8 Å². The number of nitrogens with one attached hydrogen (secondary N) is 1. The number of hydrogen-bond donors (Lipinski definition) is 1. The van der Waals surface area contributed by atoms with Crippen LogP contribution in [0.1, 0.15) is 0 Å². The highest BCUT2D eigenvalue weighted by molar-refractivity contribution is 5.80. The molecule has 1 N–H and O–H groups in total. The standard InChI is InChI=1S/C17H25N5O2/c1-18-17(21-9-10-24-14(11-21)12-23-2)19-7-8-22-13-20-15-5-3-4-6-16(15)22/h3-6,13-14H,7-12H2,1-2H3,(H,18,19). The number of para-hydroxylation sites is 2. The highest BCUT2D eigenvalue weighted by Crippen LogP contribution is 2.11. The summed E-state index contributed by atoms with van der Waals surface area (Å²) >= 11 is 0. The summed E-state index contributed by atoms with van der Waals surface area (Å²) in [7, 11) is 3.51. The van der Waals surface area contributed by atoms with Crippen LogP contribution in [-0.2, 0) is 16.0 Å². The van der Waals surface area contributed by atoms with Crippen molar-refractivity contribution in [2.24, 2.45) is 4.99 Å². The van der Waals surface area contributed by atoms with Crippen molar-refractivity contribution in [3.63, 3.8) is 0 Å². The Morgan fingerprint density at radius 3 is 3.17 bits per heavy atom. The molecule has 0 aliphatic carbocycles. The van der Waals surface area contributed by atoms with Gasteiger partial charge in [0.1, 0.15) is 0 Å². The van der Waals surface area contributed by atoms with Crippen LogP contribution in [0.5, 0.6) is 0 Å². The number of aliphatic imine (C=N–C) groups is 1. The first-order chi connectivity index (χ1) is 11.8. The van der Waals surface area contributed by atoms with E-state index in [4.69, 9.17) is 9.47 Å². The zero-order valence-electron chi connectivity index (χ0n) is 14.3. The molecular weight excluding hydrogens is 306 g/mol. The fourth-order valence-electron chi connectivity index (χ4n) is 3.01. The quantitative estimate of drug-likeness (QED) is 0.653. The Morgan fingerprint density at radius 1 is 1.46 bits per heavy atom. The largest absolute Gasteiger partial charge is 0.382 e. The zero-order chi connectivity index (χ0) is 16.8. The van der Waals surface area contributed by atoms with Gasteiger partial charge in [0.15, 0.2) is 5.96 Å². The molecule has 0 bridgehead atoms. The first kappa shape index (κ1) is 16.7. The van der Waals surface area contributed by atoms with Gasteiger partial charge in [0.2, 0.25) is 0 Å². The first-order valence-corrected chi connectivity index (χ1v) is 8.28. The Bertz CT molecular complexity index is 682. The molecule has 24 heavy (non-hydrogen) atoms. The lowest BCUT2D eigenvalue weighted by Gasteiger charge is -2.34. The maximum Gasteiger partial charge on any atom is 0.193 e. The predicted molar refractivity (Wildman–Crippen MR) is 94.3 cm³/mol. The van der Waals surface area contributed by atoms with Gasteiger partial charge in [0.05, 0.1) is 36.7 Å². The lowest BCUT2D eigenvalue weighted by atomic mass is 10.3. The second-order valence-electron chi connectivity index (χ2n) is 5.79. The summed E-state index contributed by atoms with van der Waals surface area (Å²) in [6, 6.07) is 8.17. The van der Waals surface area contributed by atoms with Crippen LogP contribution in [0.15, 0.2) is 35.6 Å². The van der Waals surface area contributed by atoms with E-state index in [1.54, 1.807) is 7.11 Å². The van der Waals surface area contributed by atoms with Gasteiger partial charge in [-0.05, 0) is 12.1 Å². The molecule has 7 heteroatoms. The van der Waals surface area contributed by atoms with E-state index in [9.17, 15) is 0 Å². The topological polar surface area (TPSA) is 63.9 Å². The van der Waals surface area contributed by atoms with Crippen LogP contribution < -0.4 is 5.32 Å². The monoisotopic (exact) mass is 331 g/mol. The van der Waals surface area contributed by atoms with E-state index in [0.29, 0.717) is 13.2 Å². The van der Waals surface area contributed by atoms with Gasteiger partial charge in [-0.3, -0.25) is 4.99 Å². The van der Waals surface area contributed by atoms with Crippen molar-refractivity contribution >= 4 is 17.0 Å². The molecule has 2 heterocycles. The Labute approximate surface area is 142 Å². The molecule has 1 saturated heterocycles. The van der Waals surface area contributed by atoms with E-state index in [0.717, 1.165) is 43.2 Å². The summed E-state index contributed by atoms with van der Waals surface area (Å²) in [6.45, 7) is 4.57. The van der Waals surface area contributed by atoms with Crippen LogP contribution in [0.25, 0.3) is 11.0 Å². The van der Waals surface area contributed by atoms with Crippen LogP contribution >= 0.6 is 0 Å². The molecule has 0 spiro atoms. The van der Waals surface area contributed by atoms with Gasteiger partial charge >= 0.3 is 0 Å². The maximum absolute atomic E-state index is 5.69. The summed E-state index contributed by atoms with van der Waals surface area (Å²) in [5, 5.41) is 3.44. The van der Waals surface area contributed by atoms with Crippen molar-refractivity contribution in [2.45, 2.75) is 12.6 Å². The minimum atomic E-state index is 0.0971. The fraction of sp³-hybridized carbons (Fsp3) is 0.529. The van der Waals surface area contributed by atoms with E-state index in [-0.39, 0.29) is 6.10 Å². The van der Waals surface area contributed by atoms with E-state index >= 15 is 0 Å². The maximum atomic E-state index is 5.69. The highest BCUT2D eigenvalue weighted by Gasteiger charge is 2.22. The number of nitrogens with zero attached hydrogens (tertiary/aromatic N) is 4. The van der Waals surface area contributed by atoms with Gasteiger partial charge in [0, 0.05) is 40.3 Å². The van der Waals surface area contributed by atoms with E-state index in [1.807, 2.05) is 31.6 Å². The molecule has 1 aromatic heterocycles. The molecule has 130 valence electrons. The molecule has 0 amide bonds. The average molecular weight is 331 g/mol. The minimum absolute atomic E-state index is 0.0971. The van der Waals surface area contributed by atoms with Crippen molar-refractivity contribution in [3.05, 3.63) is 30.6 Å². The van der Waals surface area contributed by atoms with Gasteiger partial charge in [0.25, 0.3) is 0 Å². The average Bonchev–Trinajstić information content (AvgIpc) is 3.03. The van der Waals surface area contributed by atoms with Gasteiger partial charge in [-0.15, -0.1) is 0 Å². The molecule has 0 radical (unpaired) electrons. The van der Waals surface area contributed by atoms with E-state index < -0.39 is 0 Å². The number of benzene rings is 1. The Balaban J connectivity index is 1.54. The van der Waals surface area contributed by atoms with Gasteiger partial charge in [-0.25, -0.2) is 4.98 Å². The smallest absolute Gasteiger partial charge is 0.193 e. The molecule has 1 aliphatic rings. The molecule has 7 nitrogen and oxygen atoms in total. The van der Waals surface area contributed by atoms with Crippen molar-refractivity contribution in [1.82, 2.24) is 19.8 Å². The van der Waals surface area contributed by atoms with Gasteiger partial charge in [-0.2, -0.15) is 0 Å². The number of aromatic nitrogens is 2. The van der Waals surface area contributed by atoms with Crippen LogP contribution in [0, 0.1) is 0 Å². The third-order valence-electron chi connectivity index (χ3n) is 4.17. The molecule has 1 aliphatic heterocycles. The normalized spacial score (nSPS) is 19.0. The summed E-state index contributed by atoms with van der Waals surface area (Å²) < 4.78 is 13.0. The lowest BCUT2D eigenvalue weighted by Crippen LogP contribution is -2.51.